The number of hydrogen-bond acceptors (Lipinski definition) is 12. The number of rotatable bonds is 7. The number of carbonyl (C=O) groups is 2. The van der Waals surface area contributed by atoms with Crippen molar-refractivity contribution in [1.29, 1.82) is 0 Å². The topological polar surface area (TPSA) is 170 Å². The Kier molecular flexibility index (Phi) is 7.31. The Hall–Kier alpha value is -3.42. The highest BCUT2D eigenvalue weighted by Gasteiger charge is 2.46. The Bertz CT molecular complexity index is 1240. The van der Waals surface area contributed by atoms with Gasteiger partial charge in [0.2, 0.25) is 17.8 Å². The second kappa shape index (κ2) is 10.1. The number of fused-ring (bicyclic) bond motifs is 2. The maximum Gasteiger partial charge on any atom is 0.229 e. The summed E-state index contributed by atoms with van der Waals surface area (Å²) in [5, 5.41) is 40.1. The zero-order valence-corrected chi connectivity index (χ0v) is 20.8. The van der Waals surface area contributed by atoms with E-state index in [1.54, 1.807) is 6.92 Å². The lowest BCUT2D eigenvalue weighted by Crippen LogP contribution is -2.60. The monoisotopic (exact) mass is 520 g/mol. The molecule has 1 fully saturated rings. The molecule has 1 heterocycles. The van der Waals surface area contributed by atoms with Crippen LogP contribution in [0.4, 0.5) is 0 Å². The molecular formula is C25H28O12. The highest BCUT2D eigenvalue weighted by Crippen LogP contribution is 2.49. The average Bonchev–Trinajstić information content (AvgIpc) is 2.90. The lowest BCUT2D eigenvalue weighted by atomic mass is 9.81. The quantitative estimate of drug-likeness (QED) is 0.329. The van der Waals surface area contributed by atoms with Gasteiger partial charge < -0.3 is 48.8 Å². The van der Waals surface area contributed by atoms with E-state index in [1.807, 2.05) is 0 Å². The predicted molar refractivity (Wildman–Crippen MR) is 125 cm³/mol. The Morgan fingerprint density at radius 3 is 1.86 bits per heavy atom. The summed E-state index contributed by atoms with van der Waals surface area (Å²) < 4.78 is 32.9. The van der Waals surface area contributed by atoms with Crippen molar-refractivity contribution in [3.05, 3.63) is 39.9 Å². The molecule has 1 saturated heterocycles. The molecule has 0 radical (unpaired) electrons. The second-order valence-corrected chi connectivity index (χ2v) is 8.52. The molecule has 1 aliphatic heterocycles. The summed E-state index contributed by atoms with van der Waals surface area (Å²) in [5.41, 5.74) is 0.275. The molecule has 1 aliphatic carbocycles. The van der Waals surface area contributed by atoms with Gasteiger partial charge in [-0.15, -0.1) is 0 Å². The van der Waals surface area contributed by atoms with Crippen LogP contribution in [-0.4, -0.2) is 97.7 Å². The van der Waals surface area contributed by atoms with Gasteiger partial charge in [0.1, 0.15) is 24.4 Å². The molecule has 0 amide bonds. The smallest absolute Gasteiger partial charge is 0.229 e. The second-order valence-electron chi connectivity index (χ2n) is 8.52. The Morgan fingerprint density at radius 2 is 1.32 bits per heavy atom. The summed E-state index contributed by atoms with van der Waals surface area (Å²) in [6, 6.07) is 2.84. The van der Waals surface area contributed by atoms with Crippen molar-refractivity contribution in [3.63, 3.8) is 0 Å². The van der Waals surface area contributed by atoms with E-state index >= 15 is 0 Å². The Balaban J connectivity index is 1.87. The SMILES string of the molecule is COc1cc2c(c(OC)c1OC)C(=O)c1c(cc(C)c(O[C@H]3O[C@H](CO)[C@@H](O)[C@H](O)[C@H]3O)c1OC)C2=O. The molecule has 0 unspecified atom stereocenters. The van der Waals surface area contributed by atoms with Gasteiger partial charge in [0, 0.05) is 11.1 Å². The van der Waals surface area contributed by atoms with Crippen LogP contribution in [0.3, 0.4) is 0 Å². The van der Waals surface area contributed by atoms with Gasteiger partial charge in [-0.25, -0.2) is 0 Å². The van der Waals surface area contributed by atoms with Gasteiger partial charge in [-0.3, -0.25) is 9.59 Å². The van der Waals surface area contributed by atoms with Gasteiger partial charge in [-0.05, 0) is 24.6 Å². The van der Waals surface area contributed by atoms with Crippen LogP contribution in [0.15, 0.2) is 12.1 Å². The van der Waals surface area contributed by atoms with Crippen molar-refractivity contribution in [2.75, 3.05) is 35.0 Å². The molecule has 5 atom stereocenters. The van der Waals surface area contributed by atoms with Crippen LogP contribution < -0.4 is 23.7 Å². The molecule has 2 aromatic carbocycles. The van der Waals surface area contributed by atoms with E-state index in [0.29, 0.717) is 5.56 Å². The van der Waals surface area contributed by atoms with Crippen LogP contribution in [0.5, 0.6) is 28.7 Å². The average molecular weight is 520 g/mol. The molecule has 0 aromatic heterocycles. The number of aryl methyl sites for hydroxylation is 1. The zero-order valence-electron chi connectivity index (χ0n) is 20.8. The van der Waals surface area contributed by atoms with E-state index < -0.39 is 48.9 Å². The minimum atomic E-state index is -1.70. The molecule has 2 aromatic rings. The molecule has 12 nitrogen and oxygen atoms in total. The third-order valence-corrected chi connectivity index (χ3v) is 6.48. The van der Waals surface area contributed by atoms with Crippen molar-refractivity contribution in [1.82, 2.24) is 0 Å². The number of ketones is 2. The van der Waals surface area contributed by atoms with E-state index in [0.717, 1.165) is 0 Å². The lowest BCUT2D eigenvalue weighted by molar-refractivity contribution is -0.277. The number of carbonyl (C=O) groups excluding carboxylic acids is 2. The summed E-state index contributed by atoms with van der Waals surface area (Å²) >= 11 is 0. The molecule has 4 N–H and O–H groups in total. The van der Waals surface area contributed by atoms with Crippen LogP contribution in [-0.2, 0) is 4.74 Å². The number of ether oxygens (including phenoxy) is 6. The van der Waals surface area contributed by atoms with Crippen molar-refractivity contribution >= 4 is 11.6 Å². The summed E-state index contributed by atoms with van der Waals surface area (Å²) in [6.07, 6.45) is -7.72. The van der Waals surface area contributed by atoms with Crippen molar-refractivity contribution < 1.29 is 58.4 Å². The maximum atomic E-state index is 13.8. The number of benzene rings is 2. The predicted octanol–water partition coefficient (Wildman–Crippen LogP) is -0.0165. The van der Waals surface area contributed by atoms with E-state index in [-0.39, 0.29) is 51.0 Å². The number of aliphatic hydroxyl groups excluding tert-OH is 4. The minimum absolute atomic E-state index is 0.000111. The molecule has 2 aliphatic rings. The number of methoxy groups -OCH3 is 4. The molecule has 0 spiro atoms. The third kappa shape index (κ3) is 4.06. The first kappa shape index (κ1) is 26.6. The van der Waals surface area contributed by atoms with Gasteiger partial charge in [0.05, 0.1) is 46.2 Å². The van der Waals surface area contributed by atoms with Gasteiger partial charge in [-0.2, -0.15) is 0 Å². The molecule has 0 saturated carbocycles. The highest BCUT2D eigenvalue weighted by molar-refractivity contribution is 6.31. The largest absolute Gasteiger partial charge is 0.493 e. The van der Waals surface area contributed by atoms with Crippen LogP contribution in [0.2, 0.25) is 0 Å². The zero-order chi connectivity index (χ0) is 27.2. The molecule has 4 rings (SSSR count). The van der Waals surface area contributed by atoms with Crippen molar-refractivity contribution in [2.24, 2.45) is 0 Å². The number of aliphatic hydroxyl groups is 4. The van der Waals surface area contributed by atoms with Gasteiger partial charge in [-0.1, -0.05) is 0 Å². The van der Waals surface area contributed by atoms with E-state index in [4.69, 9.17) is 28.4 Å². The van der Waals surface area contributed by atoms with Crippen LogP contribution in [0.1, 0.15) is 37.4 Å². The Labute approximate surface area is 211 Å². The highest BCUT2D eigenvalue weighted by atomic mass is 16.7. The normalized spacial score (nSPS) is 24.7. The summed E-state index contributed by atoms with van der Waals surface area (Å²) in [6.45, 7) is 0.935. The minimum Gasteiger partial charge on any atom is -0.493 e. The first-order valence-electron chi connectivity index (χ1n) is 11.3. The fraction of sp³-hybridized carbons (Fsp3) is 0.440. The molecule has 200 valence electrons. The van der Waals surface area contributed by atoms with Gasteiger partial charge in [0.25, 0.3) is 0 Å². The summed E-state index contributed by atoms with van der Waals surface area (Å²) in [5.74, 6) is -0.948. The first-order chi connectivity index (χ1) is 17.6. The molecule has 12 heteroatoms. The fourth-order valence-electron chi connectivity index (χ4n) is 4.63. The van der Waals surface area contributed by atoms with Crippen LogP contribution in [0.25, 0.3) is 0 Å². The lowest BCUT2D eigenvalue weighted by Gasteiger charge is -2.40. The number of hydrogen-bond donors (Lipinski definition) is 4. The molecular weight excluding hydrogens is 492 g/mol. The van der Waals surface area contributed by atoms with E-state index in [1.165, 1.54) is 40.6 Å². The van der Waals surface area contributed by atoms with E-state index in [2.05, 4.69) is 0 Å². The third-order valence-electron chi connectivity index (χ3n) is 6.48. The van der Waals surface area contributed by atoms with Crippen LogP contribution >= 0.6 is 0 Å². The van der Waals surface area contributed by atoms with Crippen LogP contribution in [0, 0.1) is 6.92 Å². The van der Waals surface area contributed by atoms with Gasteiger partial charge >= 0.3 is 0 Å². The van der Waals surface area contributed by atoms with Crippen molar-refractivity contribution in [3.8, 4) is 28.7 Å². The Morgan fingerprint density at radius 1 is 0.757 bits per heavy atom. The molecule has 0 bridgehead atoms. The molecule has 37 heavy (non-hydrogen) atoms. The van der Waals surface area contributed by atoms with Gasteiger partial charge in [0.15, 0.2) is 28.8 Å². The van der Waals surface area contributed by atoms with Crippen molar-refractivity contribution in [2.45, 2.75) is 37.6 Å². The summed E-state index contributed by atoms with van der Waals surface area (Å²) in [7, 11) is 5.36. The standard InChI is InChI=1S/C25H28O12/c1-9-6-10-14(18(29)15-11(16(10)27)7-12(32-2)22(33-3)24(15)35-5)23(34-4)21(9)37-25-20(31)19(30)17(28)13(8-26)36-25/h6-7,13,17,19-20,25-26,28,30-31H,8H2,1-5H3/t13-,17-,19+,20-,25-/m1/s1. The fourth-order valence-corrected chi connectivity index (χ4v) is 4.63. The summed E-state index contributed by atoms with van der Waals surface area (Å²) in [4.78, 5) is 27.4. The first-order valence-corrected chi connectivity index (χ1v) is 11.3. The van der Waals surface area contributed by atoms with E-state index in [9.17, 15) is 30.0 Å². The maximum absolute atomic E-state index is 13.8.